The van der Waals surface area contributed by atoms with Gasteiger partial charge in [0.1, 0.15) is 5.75 Å². The molecular formula is C26H19ClN2O2. The molecule has 2 N–H and O–H groups in total. The molecule has 31 heavy (non-hydrogen) atoms. The average Bonchev–Trinajstić information content (AvgIpc) is 3.20. The quantitative estimate of drug-likeness (QED) is 0.323. The van der Waals surface area contributed by atoms with Crippen molar-refractivity contribution < 1.29 is 9.84 Å². The van der Waals surface area contributed by atoms with Crippen LogP contribution in [0.5, 0.6) is 11.8 Å². The van der Waals surface area contributed by atoms with Crippen molar-refractivity contribution in [1.29, 1.82) is 0 Å². The molecule has 5 rings (SSSR count). The predicted octanol–water partition coefficient (Wildman–Crippen LogP) is 6.83. The molecule has 0 atom stereocenters. The summed E-state index contributed by atoms with van der Waals surface area (Å²) in [5.74, 6) is 0.605. The van der Waals surface area contributed by atoms with Crippen molar-refractivity contribution in [2.24, 2.45) is 0 Å². The Bertz CT molecular complexity index is 1350. The van der Waals surface area contributed by atoms with Crippen LogP contribution < -0.4 is 4.74 Å². The Hall–Kier alpha value is -3.60. The number of aromatic amines is 1. The molecule has 0 bridgehead atoms. The molecule has 0 radical (unpaired) electrons. The lowest BCUT2D eigenvalue weighted by Crippen LogP contribution is -1.88. The third kappa shape index (κ3) is 4.04. The first-order valence-corrected chi connectivity index (χ1v) is 10.3. The molecule has 0 spiro atoms. The van der Waals surface area contributed by atoms with Gasteiger partial charge in [0.25, 0.3) is 6.01 Å². The van der Waals surface area contributed by atoms with Gasteiger partial charge in [-0.05, 0) is 46.5 Å². The molecule has 0 aliphatic rings. The summed E-state index contributed by atoms with van der Waals surface area (Å²) < 4.78 is 5.84. The minimum atomic E-state index is -0.0423. The van der Waals surface area contributed by atoms with E-state index in [1.54, 1.807) is 6.07 Å². The second-order valence-electron chi connectivity index (χ2n) is 7.24. The Labute approximate surface area is 184 Å². The largest absolute Gasteiger partial charge is 0.426 e. The number of aromatic nitrogens is 2. The van der Waals surface area contributed by atoms with Crippen molar-refractivity contribution in [1.82, 2.24) is 9.97 Å². The molecule has 4 nitrogen and oxygen atoms in total. The summed E-state index contributed by atoms with van der Waals surface area (Å²) in [6, 6.07) is 30.1. The number of aliphatic hydroxyl groups is 1. The van der Waals surface area contributed by atoms with E-state index in [0.29, 0.717) is 16.8 Å². The van der Waals surface area contributed by atoms with E-state index < -0.39 is 0 Å². The smallest absolute Gasteiger partial charge is 0.300 e. The summed E-state index contributed by atoms with van der Waals surface area (Å²) in [5.41, 5.74) is 6.60. The number of fused-ring (bicyclic) bond motifs is 1. The summed E-state index contributed by atoms with van der Waals surface area (Å²) in [6.45, 7) is -0.0423. The molecule has 4 aromatic carbocycles. The summed E-state index contributed by atoms with van der Waals surface area (Å²) in [5, 5.41) is 9.94. The molecule has 0 aliphatic heterocycles. The van der Waals surface area contributed by atoms with Gasteiger partial charge >= 0.3 is 0 Å². The number of hydrogen-bond donors (Lipinski definition) is 2. The van der Waals surface area contributed by atoms with Crippen molar-refractivity contribution in [3.63, 3.8) is 0 Å². The number of halogens is 1. The number of rotatable bonds is 5. The van der Waals surface area contributed by atoms with Crippen molar-refractivity contribution in [2.45, 2.75) is 6.61 Å². The zero-order chi connectivity index (χ0) is 21.2. The highest BCUT2D eigenvalue weighted by Gasteiger charge is 2.11. The third-order valence-corrected chi connectivity index (χ3v) is 5.46. The van der Waals surface area contributed by atoms with E-state index in [-0.39, 0.29) is 6.61 Å². The molecular weight excluding hydrogens is 408 g/mol. The highest BCUT2D eigenvalue weighted by molar-refractivity contribution is 6.34. The first-order valence-electron chi connectivity index (χ1n) is 9.92. The van der Waals surface area contributed by atoms with Gasteiger partial charge in [0.2, 0.25) is 0 Å². The molecule has 0 saturated carbocycles. The summed E-state index contributed by atoms with van der Waals surface area (Å²) in [4.78, 5) is 7.71. The Kier molecular flexibility index (Phi) is 5.16. The maximum atomic E-state index is 9.30. The third-order valence-electron chi connectivity index (χ3n) is 5.15. The van der Waals surface area contributed by atoms with Gasteiger partial charge in [0.05, 0.1) is 22.7 Å². The van der Waals surface area contributed by atoms with Crippen LogP contribution in [-0.2, 0) is 6.61 Å². The fourth-order valence-electron chi connectivity index (χ4n) is 3.57. The number of nitrogens with one attached hydrogen (secondary N) is 1. The van der Waals surface area contributed by atoms with Gasteiger partial charge in [-0.2, -0.15) is 4.98 Å². The van der Waals surface area contributed by atoms with Crippen LogP contribution in [0.2, 0.25) is 5.02 Å². The number of H-pyrrole nitrogens is 1. The molecule has 0 aliphatic carbocycles. The first kappa shape index (κ1) is 19.4. The molecule has 1 heterocycles. The van der Waals surface area contributed by atoms with E-state index >= 15 is 0 Å². The molecule has 1 aromatic heterocycles. The number of imidazole rings is 1. The van der Waals surface area contributed by atoms with Crippen LogP contribution in [0.3, 0.4) is 0 Å². The molecule has 5 aromatic rings. The molecule has 152 valence electrons. The topological polar surface area (TPSA) is 58.1 Å². The normalized spacial score (nSPS) is 11.0. The van der Waals surface area contributed by atoms with Gasteiger partial charge in [-0.1, -0.05) is 78.3 Å². The fourth-order valence-corrected chi connectivity index (χ4v) is 3.84. The summed E-state index contributed by atoms with van der Waals surface area (Å²) >= 11 is 6.59. The molecule has 0 amide bonds. The lowest BCUT2D eigenvalue weighted by molar-refractivity contribution is 0.281. The molecule has 0 unspecified atom stereocenters. The molecule has 0 saturated heterocycles. The van der Waals surface area contributed by atoms with E-state index in [1.165, 1.54) is 5.56 Å². The Balaban J connectivity index is 1.45. The average molecular weight is 427 g/mol. The Morgan fingerprint density at radius 2 is 1.55 bits per heavy atom. The van der Waals surface area contributed by atoms with Gasteiger partial charge in [-0.25, -0.2) is 0 Å². The predicted molar refractivity (Wildman–Crippen MR) is 124 cm³/mol. The van der Waals surface area contributed by atoms with Gasteiger partial charge in [0.15, 0.2) is 0 Å². The van der Waals surface area contributed by atoms with Crippen LogP contribution in [0.1, 0.15) is 5.56 Å². The van der Waals surface area contributed by atoms with E-state index in [1.807, 2.05) is 48.5 Å². The second kappa shape index (κ2) is 8.26. The van der Waals surface area contributed by atoms with Crippen LogP contribution in [0, 0.1) is 0 Å². The first-order chi connectivity index (χ1) is 15.2. The van der Waals surface area contributed by atoms with E-state index in [9.17, 15) is 5.11 Å². The van der Waals surface area contributed by atoms with Crippen LogP contribution in [0.15, 0.2) is 91.0 Å². The minimum absolute atomic E-state index is 0.0423. The van der Waals surface area contributed by atoms with Crippen molar-refractivity contribution in [3.05, 3.63) is 102 Å². The van der Waals surface area contributed by atoms with Crippen molar-refractivity contribution >= 4 is 22.6 Å². The standard InChI is InChI=1S/C26H19ClN2O2/c27-23-15-25-24(28-26(29-25)31-21-8-4-5-17(13-21)16-30)14-22(23)20-11-9-19(10-12-20)18-6-2-1-3-7-18/h1-15,30H,16H2,(H,28,29). The zero-order valence-corrected chi connectivity index (χ0v) is 17.3. The Morgan fingerprint density at radius 1 is 0.806 bits per heavy atom. The van der Waals surface area contributed by atoms with Crippen LogP contribution >= 0.6 is 11.6 Å². The maximum Gasteiger partial charge on any atom is 0.300 e. The van der Waals surface area contributed by atoms with E-state index in [2.05, 4.69) is 46.4 Å². The van der Waals surface area contributed by atoms with Crippen molar-refractivity contribution in [3.8, 4) is 34.0 Å². The van der Waals surface area contributed by atoms with Gasteiger partial charge in [-0.3, -0.25) is 0 Å². The van der Waals surface area contributed by atoms with Crippen LogP contribution in [0.25, 0.3) is 33.3 Å². The van der Waals surface area contributed by atoms with Gasteiger partial charge in [-0.15, -0.1) is 0 Å². The number of nitrogens with zero attached hydrogens (tertiary/aromatic N) is 1. The second-order valence-corrected chi connectivity index (χ2v) is 7.65. The highest BCUT2D eigenvalue weighted by atomic mass is 35.5. The zero-order valence-electron chi connectivity index (χ0n) is 16.5. The van der Waals surface area contributed by atoms with Crippen molar-refractivity contribution in [2.75, 3.05) is 0 Å². The minimum Gasteiger partial charge on any atom is -0.426 e. The van der Waals surface area contributed by atoms with Crippen LogP contribution in [0.4, 0.5) is 0 Å². The monoisotopic (exact) mass is 426 g/mol. The molecule has 0 fully saturated rings. The number of ether oxygens (including phenoxy) is 1. The Morgan fingerprint density at radius 3 is 2.32 bits per heavy atom. The summed E-state index contributed by atoms with van der Waals surface area (Å²) in [7, 11) is 0. The maximum absolute atomic E-state index is 9.30. The van der Waals surface area contributed by atoms with Crippen LogP contribution in [-0.4, -0.2) is 15.1 Å². The lowest BCUT2D eigenvalue weighted by atomic mass is 10.00. The van der Waals surface area contributed by atoms with Gasteiger partial charge < -0.3 is 14.8 Å². The number of aliphatic hydroxyl groups excluding tert-OH is 1. The fraction of sp³-hybridized carbons (Fsp3) is 0.0385. The number of hydrogen-bond acceptors (Lipinski definition) is 3. The molecule has 5 heteroatoms. The van der Waals surface area contributed by atoms with E-state index in [4.69, 9.17) is 16.3 Å². The SMILES string of the molecule is OCc1cccc(Oc2nc3cc(-c4ccc(-c5ccccc5)cc4)c(Cl)cc3[nH]2)c1. The lowest BCUT2D eigenvalue weighted by Gasteiger charge is -2.07. The number of benzene rings is 4. The van der Waals surface area contributed by atoms with E-state index in [0.717, 1.165) is 33.3 Å². The summed E-state index contributed by atoms with van der Waals surface area (Å²) in [6.07, 6.45) is 0. The van der Waals surface area contributed by atoms with Gasteiger partial charge in [0, 0.05) is 5.56 Å². The highest BCUT2D eigenvalue weighted by Crippen LogP contribution is 2.34.